The fourth-order valence-electron chi connectivity index (χ4n) is 3.52. The van der Waals surface area contributed by atoms with E-state index in [2.05, 4.69) is 5.32 Å². The summed E-state index contributed by atoms with van der Waals surface area (Å²) in [5.74, 6) is -0.883. The molecule has 1 N–H and O–H groups in total. The van der Waals surface area contributed by atoms with Gasteiger partial charge in [-0.2, -0.15) is 0 Å². The van der Waals surface area contributed by atoms with E-state index in [4.69, 9.17) is 11.6 Å². The number of carbonyl (C=O) groups is 3. The number of hydrogen-bond donors (Lipinski definition) is 1. The number of halogens is 1. The Labute approximate surface area is 179 Å². The van der Waals surface area contributed by atoms with Gasteiger partial charge in [-0.1, -0.05) is 48.0 Å². The first-order chi connectivity index (χ1) is 14.4. The lowest BCUT2D eigenvalue weighted by Crippen LogP contribution is -2.29. The summed E-state index contributed by atoms with van der Waals surface area (Å²) in [6, 6.07) is 20.8. The van der Waals surface area contributed by atoms with E-state index in [9.17, 15) is 14.4 Å². The second-order valence-corrected chi connectivity index (χ2v) is 7.63. The summed E-state index contributed by atoms with van der Waals surface area (Å²) in [7, 11) is 0. The third-order valence-electron chi connectivity index (χ3n) is 5.10. The van der Waals surface area contributed by atoms with Gasteiger partial charge in [-0.25, -0.2) is 0 Å². The van der Waals surface area contributed by atoms with Crippen LogP contribution in [0.5, 0.6) is 0 Å². The van der Waals surface area contributed by atoms with E-state index in [1.54, 1.807) is 54.6 Å². The summed E-state index contributed by atoms with van der Waals surface area (Å²) in [6.45, 7) is 1.99. The molecule has 0 saturated heterocycles. The van der Waals surface area contributed by atoms with E-state index >= 15 is 0 Å². The molecule has 1 aliphatic heterocycles. The molecule has 0 unspecified atom stereocenters. The summed E-state index contributed by atoms with van der Waals surface area (Å²) in [4.78, 5) is 39.1. The minimum Gasteiger partial charge on any atom is -0.346 e. The van der Waals surface area contributed by atoms with Crippen LogP contribution in [0.2, 0.25) is 5.02 Å². The number of rotatable bonds is 5. The summed E-state index contributed by atoms with van der Waals surface area (Å²) in [5.41, 5.74) is 2.88. The van der Waals surface area contributed by atoms with E-state index in [0.717, 1.165) is 5.56 Å². The lowest BCUT2D eigenvalue weighted by molar-refractivity contribution is 0.0642. The highest BCUT2D eigenvalue weighted by Gasteiger charge is 2.35. The highest BCUT2D eigenvalue weighted by molar-refractivity contribution is 6.30. The molecule has 3 amide bonds. The molecule has 0 aliphatic carbocycles. The number of amides is 3. The zero-order chi connectivity index (χ0) is 21.3. The van der Waals surface area contributed by atoms with Gasteiger partial charge in [0, 0.05) is 10.6 Å². The fourth-order valence-corrected chi connectivity index (χ4v) is 3.71. The predicted molar refractivity (Wildman–Crippen MR) is 114 cm³/mol. The largest absolute Gasteiger partial charge is 0.346 e. The van der Waals surface area contributed by atoms with E-state index in [-0.39, 0.29) is 30.3 Å². The maximum atomic E-state index is 12.7. The van der Waals surface area contributed by atoms with Crippen molar-refractivity contribution in [3.05, 3.63) is 106 Å². The average Bonchev–Trinajstić information content (AvgIpc) is 2.99. The van der Waals surface area contributed by atoms with Gasteiger partial charge in [-0.3, -0.25) is 19.3 Å². The number of hydrogen-bond acceptors (Lipinski definition) is 3. The monoisotopic (exact) mass is 418 g/mol. The van der Waals surface area contributed by atoms with Crippen molar-refractivity contribution in [1.29, 1.82) is 0 Å². The molecule has 4 rings (SSSR count). The van der Waals surface area contributed by atoms with Crippen LogP contribution in [0.1, 0.15) is 55.2 Å². The van der Waals surface area contributed by atoms with Gasteiger partial charge < -0.3 is 5.32 Å². The summed E-state index contributed by atoms with van der Waals surface area (Å²) >= 11 is 6.03. The van der Waals surface area contributed by atoms with Crippen molar-refractivity contribution in [2.75, 3.05) is 0 Å². The Bertz CT molecular complexity index is 1120. The fraction of sp³-hybridized carbons (Fsp3) is 0.125. The van der Waals surface area contributed by atoms with E-state index < -0.39 is 0 Å². The van der Waals surface area contributed by atoms with Crippen LogP contribution in [0.15, 0.2) is 72.8 Å². The Morgan fingerprint density at radius 1 is 0.933 bits per heavy atom. The first-order valence-electron chi connectivity index (χ1n) is 9.54. The van der Waals surface area contributed by atoms with Crippen LogP contribution < -0.4 is 5.32 Å². The zero-order valence-electron chi connectivity index (χ0n) is 16.3. The van der Waals surface area contributed by atoms with E-state index in [0.29, 0.717) is 27.3 Å². The molecule has 1 heterocycles. The number of imide groups is 1. The van der Waals surface area contributed by atoms with Crippen LogP contribution in [0.3, 0.4) is 0 Å². The third-order valence-corrected chi connectivity index (χ3v) is 5.34. The molecular weight excluding hydrogens is 400 g/mol. The van der Waals surface area contributed by atoms with Gasteiger partial charge in [-0.15, -0.1) is 0 Å². The van der Waals surface area contributed by atoms with Crippen LogP contribution in [-0.4, -0.2) is 22.6 Å². The number of nitrogens with one attached hydrogen (secondary N) is 1. The molecule has 0 saturated carbocycles. The van der Waals surface area contributed by atoms with Gasteiger partial charge in [-0.05, 0) is 54.4 Å². The molecule has 3 aromatic carbocycles. The molecule has 150 valence electrons. The maximum absolute atomic E-state index is 12.7. The number of nitrogens with zero attached hydrogens (tertiary/aromatic N) is 1. The lowest BCUT2D eigenvalue weighted by Gasteiger charge is -2.16. The van der Waals surface area contributed by atoms with Gasteiger partial charge in [0.25, 0.3) is 17.7 Å². The quantitative estimate of drug-likeness (QED) is 0.614. The number of fused-ring (bicyclic) bond motifs is 1. The normalized spacial score (nSPS) is 13.9. The van der Waals surface area contributed by atoms with Crippen molar-refractivity contribution < 1.29 is 14.4 Å². The van der Waals surface area contributed by atoms with Crippen LogP contribution in [0.25, 0.3) is 0 Å². The highest BCUT2D eigenvalue weighted by atomic mass is 35.5. The predicted octanol–water partition coefficient (Wildman–Crippen LogP) is 4.63. The Kier molecular flexibility index (Phi) is 5.38. The van der Waals surface area contributed by atoms with Crippen molar-refractivity contribution >= 4 is 29.3 Å². The molecular formula is C24H19ClN2O3. The summed E-state index contributed by atoms with van der Waals surface area (Å²) in [6.07, 6.45) is 0. The van der Waals surface area contributed by atoms with Gasteiger partial charge >= 0.3 is 0 Å². The van der Waals surface area contributed by atoms with Crippen molar-refractivity contribution in [3.8, 4) is 0 Å². The summed E-state index contributed by atoms with van der Waals surface area (Å²) in [5, 5.41) is 3.56. The van der Waals surface area contributed by atoms with Gasteiger partial charge in [0.1, 0.15) is 0 Å². The van der Waals surface area contributed by atoms with Crippen molar-refractivity contribution in [1.82, 2.24) is 10.2 Å². The Hall–Kier alpha value is -3.44. The minimum absolute atomic E-state index is 0.108. The Balaban J connectivity index is 1.49. The molecule has 0 aromatic heterocycles. The second-order valence-electron chi connectivity index (χ2n) is 7.19. The van der Waals surface area contributed by atoms with Crippen molar-refractivity contribution in [2.24, 2.45) is 0 Å². The standard InChI is InChI=1S/C24H19ClN2O3/c1-15(17-7-5-9-19(25)13-17)26-22(28)18-8-4-6-16(12-18)14-27-23(29)20-10-2-3-11-21(20)24(27)30/h2-13,15H,14H2,1H3,(H,26,28)/t15-/m0/s1. The summed E-state index contributed by atoms with van der Waals surface area (Å²) < 4.78 is 0. The van der Waals surface area contributed by atoms with Crippen molar-refractivity contribution in [3.63, 3.8) is 0 Å². The average molecular weight is 419 g/mol. The van der Waals surface area contributed by atoms with Gasteiger partial charge in [0.15, 0.2) is 0 Å². The Morgan fingerprint density at radius 2 is 1.60 bits per heavy atom. The van der Waals surface area contributed by atoms with Crippen LogP contribution in [-0.2, 0) is 6.54 Å². The van der Waals surface area contributed by atoms with Crippen LogP contribution >= 0.6 is 11.6 Å². The molecule has 1 aliphatic rings. The Morgan fingerprint density at radius 3 is 2.27 bits per heavy atom. The van der Waals surface area contributed by atoms with Crippen LogP contribution in [0.4, 0.5) is 0 Å². The number of benzene rings is 3. The van der Waals surface area contributed by atoms with Crippen LogP contribution in [0, 0.1) is 0 Å². The molecule has 0 bridgehead atoms. The number of carbonyl (C=O) groups excluding carboxylic acids is 3. The first-order valence-corrected chi connectivity index (χ1v) is 9.92. The van der Waals surface area contributed by atoms with Crippen molar-refractivity contribution in [2.45, 2.75) is 19.5 Å². The molecule has 1 atom stereocenters. The first kappa shape index (κ1) is 19.9. The molecule has 5 nitrogen and oxygen atoms in total. The highest BCUT2D eigenvalue weighted by Crippen LogP contribution is 2.24. The molecule has 0 spiro atoms. The third kappa shape index (κ3) is 3.84. The van der Waals surface area contributed by atoms with E-state index in [1.807, 2.05) is 25.1 Å². The topological polar surface area (TPSA) is 66.5 Å². The lowest BCUT2D eigenvalue weighted by atomic mass is 10.1. The molecule has 0 fully saturated rings. The SMILES string of the molecule is C[C@H](NC(=O)c1cccc(CN2C(=O)c3ccccc3C2=O)c1)c1cccc(Cl)c1. The molecule has 0 radical (unpaired) electrons. The van der Waals surface area contributed by atoms with Gasteiger partial charge in [0.05, 0.1) is 23.7 Å². The smallest absolute Gasteiger partial charge is 0.261 e. The van der Waals surface area contributed by atoms with Gasteiger partial charge in [0.2, 0.25) is 0 Å². The van der Waals surface area contributed by atoms with E-state index in [1.165, 1.54) is 4.90 Å². The second kappa shape index (κ2) is 8.13. The zero-order valence-corrected chi connectivity index (χ0v) is 17.0. The minimum atomic E-state index is -0.319. The molecule has 30 heavy (non-hydrogen) atoms. The molecule has 6 heteroatoms. The molecule has 3 aromatic rings. The maximum Gasteiger partial charge on any atom is 0.261 e.